The molecule has 0 bridgehead atoms. The predicted octanol–water partition coefficient (Wildman–Crippen LogP) is 2.52. The number of hydrogen-bond acceptors (Lipinski definition) is 2. The van der Waals surface area contributed by atoms with Crippen molar-refractivity contribution in [3.05, 3.63) is 11.3 Å². The molecular weight excluding hydrogens is 172 g/mol. The average Bonchev–Trinajstić information content (AvgIpc) is 2.01. The number of likely N-dealkylation sites (N-methyl/N-ethyl adjacent to an activating group) is 1. The van der Waals surface area contributed by atoms with Gasteiger partial charge in [-0.15, -0.1) is 0 Å². The van der Waals surface area contributed by atoms with Crippen molar-refractivity contribution in [1.82, 2.24) is 10.6 Å². The Morgan fingerprint density at radius 2 is 1.71 bits per heavy atom. The van der Waals surface area contributed by atoms with E-state index in [0.29, 0.717) is 11.5 Å². The molecule has 0 spiro atoms. The van der Waals surface area contributed by atoms with E-state index in [0.717, 1.165) is 6.54 Å². The van der Waals surface area contributed by atoms with E-state index in [1.165, 1.54) is 11.3 Å². The van der Waals surface area contributed by atoms with Crippen LogP contribution in [-0.2, 0) is 0 Å². The minimum Gasteiger partial charge on any atom is -0.384 e. The Hall–Kier alpha value is -0.500. The maximum atomic E-state index is 3.57. The first kappa shape index (κ1) is 13.5. The van der Waals surface area contributed by atoms with Crippen LogP contribution in [0.1, 0.15) is 41.5 Å². The summed E-state index contributed by atoms with van der Waals surface area (Å²) in [6.07, 6.45) is 0. The van der Waals surface area contributed by atoms with Crippen LogP contribution in [0.3, 0.4) is 0 Å². The van der Waals surface area contributed by atoms with E-state index in [2.05, 4.69) is 52.2 Å². The van der Waals surface area contributed by atoms with Crippen LogP contribution in [0.4, 0.5) is 0 Å². The number of hydrogen-bond donors (Lipinski definition) is 2. The monoisotopic (exact) mass is 198 g/mol. The third-order valence-electron chi connectivity index (χ3n) is 2.65. The van der Waals surface area contributed by atoms with E-state index < -0.39 is 0 Å². The van der Waals surface area contributed by atoms with Gasteiger partial charge in [0.1, 0.15) is 0 Å². The highest BCUT2D eigenvalue weighted by Crippen LogP contribution is 2.19. The van der Waals surface area contributed by atoms with Crippen LogP contribution in [0.2, 0.25) is 0 Å². The summed E-state index contributed by atoms with van der Waals surface area (Å²) >= 11 is 0. The summed E-state index contributed by atoms with van der Waals surface area (Å²) in [5.74, 6) is 0. The third kappa shape index (κ3) is 4.66. The van der Waals surface area contributed by atoms with Crippen LogP contribution in [-0.4, -0.2) is 19.6 Å². The second-order valence-electron chi connectivity index (χ2n) is 5.24. The minimum absolute atomic E-state index is 0.300. The number of allylic oxidation sites excluding steroid dienone is 1. The normalized spacial score (nSPS) is 13.6. The summed E-state index contributed by atoms with van der Waals surface area (Å²) in [7, 11) is 1.98. The highest BCUT2D eigenvalue weighted by molar-refractivity contribution is 5.11. The van der Waals surface area contributed by atoms with Gasteiger partial charge >= 0.3 is 0 Å². The molecule has 2 N–H and O–H groups in total. The van der Waals surface area contributed by atoms with Crippen molar-refractivity contribution in [3.63, 3.8) is 0 Å². The SMILES string of the molecule is CNCC(NC(C)C(C)(C)C)=C(C)C. The molecule has 1 unspecified atom stereocenters. The lowest BCUT2D eigenvalue weighted by atomic mass is 9.88. The van der Waals surface area contributed by atoms with Crippen molar-refractivity contribution in [2.24, 2.45) is 5.41 Å². The average molecular weight is 198 g/mol. The van der Waals surface area contributed by atoms with Crippen LogP contribution in [0.5, 0.6) is 0 Å². The van der Waals surface area contributed by atoms with E-state index in [9.17, 15) is 0 Å². The van der Waals surface area contributed by atoms with Gasteiger partial charge in [-0.1, -0.05) is 26.3 Å². The molecule has 0 radical (unpaired) electrons. The molecule has 0 saturated carbocycles. The first-order valence-electron chi connectivity index (χ1n) is 5.36. The van der Waals surface area contributed by atoms with E-state index in [1.54, 1.807) is 0 Å². The maximum Gasteiger partial charge on any atom is 0.0350 e. The maximum absolute atomic E-state index is 3.57. The Morgan fingerprint density at radius 1 is 1.21 bits per heavy atom. The zero-order valence-electron chi connectivity index (χ0n) is 10.8. The Morgan fingerprint density at radius 3 is 2.00 bits per heavy atom. The summed E-state index contributed by atoms with van der Waals surface area (Å²) in [4.78, 5) is 0. The molecule has 0 aliphatic heterocycles. The summed E-state index contributed by atoms with van der Waals surface area (Å²) in [5.41, 5.74) is 2.97. The zero-order chi connectivity index (χ0) is 11.4. The van der Waals surface area contributed by atoms with Crippen LogP contribution < -0.4 is 10.6 Å². The van der Waals surface area contributed by atoms with Gasteiger partial charge in [-0.05, 0) is 33.2 Å². The van der Waals surface area contributed by atoms with Gasteiger partial charge in [0, 0.05) is 18.3 Å². The fraction of sp³-hybridized carbons (Fsp3) is 0.833. The molecule has 0 aromatic carbocycles. The number of nitrogens with one attached hydrogen (secondary N) is 2. The highest BCUT2D eigenvalue weighted by atomic mass is 15.0. The highest BCUT2D eigenvalue weighted by Gasteiger charge is 2.20. The van der Waals surface area contributed by atoms with Crippen LogP contribution in [0.25, 0.3) is 0 Å². The molecule has 0 fully saturated rings. The standard InChI is InChI=1S/C12H26N2/c1-9(2)11(8-13-7)14-10(3)12(4,5)6/h10,13-14H,8H2,1-7H3. The third-order valence-corrected chi connectivity index (χ3v) is 2.65. The summed E-state index contributed by atoms with van der Waals surface area (Å²) in [6, 6.07) is 0.487. The van der Waals surface area contributed by atoms with E-state index in [-0.39, 0.29) is 0 Å². The van der Waals surface area contributed by atoms with Gasteiger partial charge in [0.15, 0.2) is 0 Å². The van der Waals surface area contributed by atoms with Crippen LogP contribution in [0, 0.1) is 5.41 Å². The fourth-order valence-electron chi connectivity index (χ4n) is 1.03. The van der Waals surface area contributed by atoms with Crippen molar-refractivity contribution < 1.29 is 0 Å². The second kappa shape index (κ2) is 5.40. The van der Waals surface area contributed by atoms with Gasteiger partial charge in [-0.25, -0.2) is 0 Å². The van der Waals surface area contributed by atoms with Crippen molar-refractivity contribution in [3.8, 4) is 0 Å². The molecule has 2 nitrogen and oxygen atoms in total. The largest absolute Gasteiger partial charge is 0.384 e. The Bertz CT molecular complexity index is 195. The first-order chi connectivity index (χ1) is 6.29. The minimum atomic E-state index is 0.300. The molecule has 0 aliphatic carbocycles. The van der Waals surface area contributed by atoms with Gasteiger partial charge in [0.25, 0.3) is 0 Å². The molecule has 2 heteroatoms. The van der Waals surface area contributed by atoms with Crippen molar-refractivity contribution in [1.29, 1.82) is 0 Å². The summed E-state index contributed by atoms with van der Waals surface area (Å²) in [5, 5.41) is 6.76. The Kier molecular flexibility index (Phi) is 5.21. The first-order valence-corrected chi connectivity index (χ1v) is 5.36. The quantitative estimate of drug-likeness (QED) is 0.725. The Balaban J connectivity index is 4.40. The molecule has 0 heterocycles. The molecule has 0 aromatic heterocycles. The zero-order valence-corrected chi connectivity index (χ0v) is 10.8. The lowest BCUT2D eigenvalue weighted by molar-refractivity contribution is 0.300. The predicted molar refractivity (Wildman–Crippen MR) is 64.4 cm³/mol. The van der Waals surface area contributed by atoms with Gasteiger partial charge in [-0.2, -0.15) is 0 Å². The van der Waals surface area contributed by atoms with Crippen molar-refractivity contribution in [2.45, 2.75) is 47.6 Å². The smallest absolute Gasteiger partial charge is 0.0350 e. The lowest BCUT2D eigenvalue weighted by Gasteiger charge is -2.30. The topological polar surface area (TPSA) is 24.1 Å². The molecule has 0 saturated heterocycles. The van der Waals surface area contributed by atoms with Crippen molar-refractivity contribution in [2.75, 3.05) is 13.6 Å². The molecular formula is C12H26N2. The van der Waals surface area contributed by atoms with Crippen LogP contribution in [0.15, 0.2) is 11.3 Å². The second-order valence-corrected chi connectivity index (χ2v) is 5.24. The van der Waals surface area contributed by atoms with E-state index in [4.69, 9.17) is 0 Å². The Labute approximate surface area is 89.2 Å². The fourth-order valence-corrected chi connectivity index (χ4v) is 1.03. The summed E-state index contributed by atoms with van der Waals surface area (Å²) < 4.78 is 0. The summed E-state index contributed by atoms with van der Waals surface area (Å²) in [6.45, 7) is 14.2. The van der Waals surface area contributed by atoms with Crippen molar-refractivity contribution >= 4 is 0 Å². The molecule has 0 aliphatic rings. The molecule has 0 aromatic rings. The molecule has 84 valence electrons. The molecule has 1 atom stereocenters. The lowest BCUT2D eigenvalue weighted by Crippen LogP contribution is -2.39. The molecule has 14 heavy (non-hydrogen) atoms. The van der Waals surface area contributed by atoms with Crippen LogP contribution >= 0.6 is 0 Å². The van der Waals surface area contributed by atoms with E-state index >= 15 is 0 Å². The van der Waals surface area contributed by atoms with Gasteiger partial charge < -0.3 is 10.6 Å². The molecule has 0 rings (SSSR count). The van der Waals surface area contributed by atoms with E-state index in [1.807, 2.05) is 7.05 Å². The van der Waals surface area contributed by atoms with Gasteiger partial charge in [0.2, 0.25) is 0 Å². The molecule has 0 amide bonds. The van der Waals surface area contributed by atoms with Gasteiger partial charge in [-0.3, -0.25) is 0 Å². The van der Waals surface area contributed by atoms with Gasteiger partial charge in [0.05, 0.1) is 0 Å². The number of rotatable bonds is 4.